The van der Waals surface area contributed by atoms with Crippen LogP contribution in [0.4, 0.5) is 4.79 Å². The molecule has 3 aromatic rings. The van der Waals surface area contributed by atoms with Gasteiger partial charge in [-0.05, 0) is 28.5 Å². The summed E-state index contributed by atoms with van der Waals surface area (Å²) in [6.07, 6.45) is -0.874. The van der Waals surface area contributed by atoms with Crippen LogP contribution in [0.3, 0.4) is 0 Å². The number of hydrogen-bond donors (Lipinski definition) is 3. The molecule has 0 fully saturated rings. The maximum absolute atomic E-state index is 12.4. The van der Waals surface area contributed by atoms with E-state index in [1.54, 1.807) is 36.4 Å². The SMILES string of the molecule is O=C(NC(CNC(=O)c1ccc2ccccc2c1)C(=O)O)OCc1ccccc1. The van der Waals surface area contributed by atoms with Crippen molar-refractivity contribution >= 4 is 28.7 Å². The minimum atomic E-state index is -1.32. The Balaban J connectivity index is 1.54. The van der Waals surface area contributed by atoms with E-state index >= 15 is 0 Å². The van der Waals surface area contributed by atoms with Crippen molar-refractivity contribution in [2.24, 2.45) is 0 Å². The molecule has 0 radical (unpaired) electrons. The number of alkyl carbamates (subject to hydrolysis) is 1. The third-order valence-corrected chi connectivity index (χ3v) is 4.28. The van der Waals surface area contributed by atoms with Crippen molar-refractivity contribution in [1.82, 2.24) is 10.6 Å². The van der Waals surface area contributed by atoms with Crippen LogP contribution >= 0.6 is 0 Å². The maximum atomic E-state index is 12.4. The number of aliphatic carboxylic acids is 1. The summed E-state index contributed by atoms with van der Waals surface area (Å²) in [5.74, 6) is -1.71. The zero-order valence-corrected chi connectivity index (χ0v) is 15.5. The van der Waals surface area contributed by atoms with Gasteiger partial charge < -0.3 is 20.5 Å². The van der Waals surface area contributed by atoms with Gasteiger partial charge in [-0.1, -0.05) is 60.7 Å². The molecule has 3 N–H and O–H groups in total. The van der Waals surface area contributed by atoms with Gasteiger partial charge >= 0.3 is 12.1 Å². The van der Waals surface area contributed by atoms with Gasteiger partial charge in [-0.15, -0.1) is 0 Å². The van der Waals surface area contributed by atoms with Crippen LogP contribution < -0.4 is 10.6 Å². The summed E-state index contributed by atoms with van der Waals surface area (Å²) < 4.78 is 5.02. The van der Waals surface area contributed by atoms with Gasteiger partial charge in [-0.2, -0.15) is 0 Å². The molecule has 0 saturated carbocycles. The molecule has 148 valence electrons. The fourth-order valence-corrected chi connectivity index (χ4v) is 2.73. The minimum absolute atomic E-state index is 0.0163. The average molecular weight is 392 g/mol. The van der Waals surface area contributed by atoms with Crippen molar-refractivity contribution in [3.63, 3.8) is 0 Å². The van der Waals surface area contributed by atoms with Gasteiger partial charge in [-0.25, -0.2) is 9.59 Å². The summed E-state index contributed by atoms with van der Waals surface area (Å²) in [7, 11) is 0. The number of amides is 2. The second-order valence-corrected chi connectivity index (χ2v) is 6.37. The summed E-state index contributed by atoms with van der Waals surface area (Å²) in [6.45, 7) is -0.260. The molecular formula is C22H20N2O5. The summed E-state index contributed by atoms with van der Waals surface area (Å²) in [6, 6.07) is 20.5. The zero-order valence-electron chi connectivity index (χ0n) is 15.5. The van der Waals surface area contributed by atoms with E-state index < -0.39 is 24.0 Å². The molecule has 0 aliphatic carbocycles. The lowest BCUT2D eigenvalue weighted by Crippen LogP contribution is -2.48. The van der Waals surface area contributed by atoms with E-state index in [2.05, 4.69) is 10.6 Å². The predicted octanol–water partition coefficient (Wildman–Crippen LogP) is 2.95. The maximum Gasteiger partial charge on any atom is 0.408 e. The molecule has 0 aromatic heterocycles. The van der Waals surface area contributed by atoms with Crippen molar-refractivity contribution in [2.45, 2.75) is 12.6 Å². The molecule has 29 heavy (non-hydrogen) atoms. The molecule has 0 saturated heterocycles. The van der Waals surface area contributed by atoms with Crippen molar-refractivity contribution < 1.29 is 24.2 Å². The van der Waals surface area contributed by atoms with E-state index in [4.69, 9.17) is 4.74 Å². The van der Waals surface area contributed by atoms with E-state index in [0.29, 0.717) is 5.56 Å². The summed E-state index contributed by atoms with van der Waals surface area (Å²) in [5.41, 5.74) is 1.18. The van der Waals surface area contributed by atoms with E-state index in [1.165, 1.54) is 0 Å². The highest BCUT2D eigenvalue weighted by Gasteiger charge is 2.22. The Morgan fingerprint density at radius 3 is 2.31 bits per heavy atom. The first-order chi connectivity index (χ1) is 14.0. The molecule has 3 rings (SSSR count). The van der Waals surface area contributed by atoms with E-state index in [0.717, 1.165) is 16.3 Å². The lowest BCUT2D eigenvalue weighted by Gasteiger charge is -2.15. The van der Waals surface area contributed by atoms with Crippen molar-refractivity contribution in [2.75, 3.05) is 6.54 Å². The molecular weight excluding hydrogens is 372 g/mol. The van der Waals surface area contributed by atoms with Gasteiger partial charge in [0.25, 0.3) is 5.91 Å². The molecule has 7 nitrogen and oxygen atoms in total. The monoisotopic (exact) mass is 392 g/mol. The molecule has 0 aliphatic rings. The molecule has 0 aliphatic heterocycles. The number of benzene rings is 3. The van der Waals surface area contributed by atoms with E-state index in [-0.39, 0.29) is 13.2 Å². The number of carboxylic acids is 1. The van der Waals surface area contributed by atoms with Crippen molar-refractivity contribution in [1.29, 1.82) is 0 Å². The number of carboxylic acid groups (broad SMARTS) is 1. The van der Waals surface area contributed by atoms with Crippen LogP contribution in [0.2, 0.25) is 0 Å². The molecule has 0 spiro atoms. The number of ether oxygens (including phenoxy) is 1. The van der Waals surface area contributed by atoms with Crippen molar-refractivity contribution in [3.05, 3.63) is 83.9 Å². The van der Waals surface area contributed by atoms with Crippen LogP contribution in [-0.4, -0.2) is 35.7 Å². The van der Waals surface area contributed by atoms with E-state index in [1.807, 2.05) is 36.4 Å². The van der Waals surface area contributed by atoms with Gasteiger partial charge in [0.2, 0.25) is 0 Å². The highest BCUT2D eigenvalue weighted by molar-refractivity contribution is 5.98. The van der Waals surface area contributed by atoms with Gasteiger partial charge in [0.05, 0.1) is 0 Å². The van der Waals surface area contributed by atoms with Crippen LogP contribution in [0.25, 0.3) is 10.8 Å². The first kappa shape index (κ1) is 19.9. The average Bonchev–Trinajstić information content (AvgIpc) is 2.75. The standard InChI is InChI=1S/C22H20N2O5/c25-20(18-11-10-16-8-4-5-9-17(16)12-18)23-13-19(21(26)27)24-22(28)29-14-15-6-2-1-3-7-15/h1-12,19H,13-14H2,(H,23,25)(H,24,28)(H,26,27). The van der Waals surface area contributed by atoms with Gasteiger partial charge in [-0.3, -0.25) is 4.79 Å². The highest BCUT2D eigenvalue weighted by Crippen LogP contribution is 2.15. The van der Waals surface area contributed by atoms with Crippen molar-refractivity contribution in [3.8, 4) is 0 Å². The van der Waals surface area contributed by atoms with Gasteiger partial charge in [0.15, 0.2) is 0 Å². The highest BCUT2D eigenvalue weighted by atomic mass is 16.5. The molecule has 1 unspecified atom stereocenters. The Morgan fingerprint density at radius 1 is 0.897 bits per heavy atom. The zero-order chi connectivity index (χ0) is 20.6. The van der Waals surface area contributed by atoms with E-state index in [9.17, 15) is 19.5 Å². The summed E-state index contributed by atoms with van der Waals surface area (Å²) in [4.78, 5) is 35.7. The molecule has 0 bridgehead atoms. The topological polar surface area (TPSA) is 105 Å². The smallest absolute Gasteiger partial charge is 0.408 e. The number of hydrogen-bond acceptors (Lipinski definition) is 4. The fraction of sp³-hybridized carbons (Fsp3) is 0.136. The number of nitrogens with one attached hydrogen (secondary N) is 2. The first-order valence-electron chi connectivity index (χ1n) is 9.00. The van der Waals surface area contributed by atoms with Crippen LogP contribution in [0.1, 0.15) is 15.9 Å². The van der Waals surface area contributed by atoms with Gasteiger partial charge in [0.1, 0.15) is 12.6 Å². The molecule has 0 heterocycles. The molecule has 1 atom stereocenters. The largest absolute Gasteiger partial charge is 0.480 e. The predicted molar refractivity (Wildman–Crippen MR) is 107 cm³/mol. The molecule has 3 aromatic carbocycles. The second kappa shape index (κ2) is 9.36. The van der Waals surface area contributed by atoms with Crippen LogP contribution in [0, 0.1) is 0 Å². The van der Waals surface area contributed by atoms with Crippen LogP contribution in [0.15, 0.2) is 72.8 Å². The summed E-state index contributed by atoms with van der Waals surface area (Å²) >= 11 is 0. The van der Waals surface area contributed by atoms with Crippen LogP contribution in [0.5, 0.6) is 0 Å². The third kappa shape index (κ3) is 5.55. The Bertz CT molecular complexity index is 1020. The lowest BCUT2D eigenvalue weighted by molar-refractivity contribution is -0.139. The molecule has 2 amide bonds. The van der Waals surface area contributed by atoms with Crippen LogP contribution in [-0.2, 0) is 16.1 Å². The first-order valence-corrected chi connectivity index (χ1v) is 9.00. The Kier molecular flexibility index (Phi) is 6.42. The Morgan fingerprint density at radius 2 is 1.59 bits per heavy atom. The Labute approximate surface area is 167 Å². The second-order valence-electron chi connectivity index (χ2n) is 6.37. The van der Waals surface area contributed by atoms with Gasteiger partial charge in [0, 0.05) is 12.1 Å². The molecule has 7 heteroatoms. The lowest BCUT2D eigenvalue weighted by atomic mass is 10.1. The normalized spacial score (nSPS) is 11.4. The minimum Gasteiger partial charge on any atom is -0.480 e. The summed E-state index contributed by atoms with van der Waals surface area (Å²) in [5, 5.41) is 16.0. The third-order valence-electron chi connectivity index (χ3n) is 4.28. The Hall–Kier alpha value is -3.87. The fourth-order valence-electron chi connectivity index (χ4n) is 2.73. The number of fused-ring (bicyclic) bond motifs is 1. The number of carbonyl (C=O) groups excluding carboxylic acids is 2. The number of rotatable bonds is 7. The quantitative estimate of drug-likeness (QED) is 0.573. The number of carbonyl (C=O) groups is 3.